The number of ether oxygens (including phenoxy) is 1. The number of amides is 1. The lowest BCUT2D eigenvalue weighted by atomic mass is 10.1. The van der Waals surface area contributed by atoms with E-state index in [0.717, 1.165) is 31.7 Å². The van der Waals surface area contributed by atoms with Gasteiger partial charge in [-0.25, -0.2) is 0 Å². The molecule has 6 nitrogen and oxygen atoms in total. The van der Waals surface area contributed by atoms with E-state index < -0.39 is 0 Å². The van der Waals surface area contributed by atoms with Crippen LogP contribution >= 0.6 is 0 Å². The molecule has 6 heteroatoms. The Morgan fingerprint density at radius 2 is 2.26 bits per heavy atom. The van der Waals surface area contributed by atoms with Gasteiger partial charge in [-0.1, -0.05) is 0 Å². The maximum absolute atomic E-state index is 12.0. The Hall–Kier alpha value is -1.40. The number of carbonyl (C=O) groups is 1. The van der Waals surface area contributed by atoms with Crippen LogP contribution in [0.1, 0.15) is 38.1 Å². The molecule has 1 aromatic heterocycles. The summed E-state index contributed by atoms with van der Waals surface area (Å²) in [5.74, 6) is 0.0778. The zero-order chi connectivity index (χ0) is 16.8. The number of rotatable bonds is 7. The van der Waals surface area contributed by atoms with Gasteiger partial charge in [0.2, 0.25) is 5.91 Å². The van der Waals surface area contributed by atoms with Gasteiger partial charge < -0.3 is 10.1 Å². The second-order valence-electron chi connectivity index (χ2n) is 6.64. The van der Waals surface area contributed by atoms with Crippen molar-refractivity contribution in [2.45, 2.75) is 59.2 Å². The maximum atomic E-state index is 12.0. The summed E-state index contributed by atoms with van der Waals surface area (Å²) in [4.78, 5) is 14.4. The van der Waals surface area contributed by atoms with Crippen molar-refractivity contribution in [2.24, 2.45) is 0 Å². The average molecular weight is 322 g/mol. The normalized spacial score (nSPS) is 19.3. The predicted octanol–water partition coefficient (Wildman–Crippen LogP) is 1.51. The molecule has 0 spiro atoms. The van der Waals surface area contributed by atoms with Crippen LogP contribution in [-0.4, -0.2) is 59.0 Å². The van der Waals surface area contributed by atoms with Crippen LogP contribution in [0.4, 0.5) is 0 Å². The third kappa shape index (κ3) is 5.62. The van der Waals surface area contributed by atoms with Gasteiger partial charge in [0.25, 0.3) is 0 Å². The summed E-state index contributed by atoms with van der Waals surface area (Å²) in [5, 5.41) is 7.42. The highest BCUT2D eigenvalue weighted by Gasteiger charge is 2.24. The summed E-state index contributed by atoms with van der Waals surface area (Å²) in [6.07, 6.45) is 1.35. The summed E-state index contributed by atoms with van der Waals surface area (Å²) in [5.41, 5.74) is 2.20. The SMILES string of the molecule is Cc1cc(C)n(CCCNC(=O)CC2CN(C(C)C)CCO2)n1. The Morgan fingerprint density at radius 3 is 2.91 bits per heavy atom. The van der Waals surface area contributed by atoms with Gasteiger partial charge in [-0.15, -0.1) is 0 Å². The minimum Gasteiger partial charge on any atom is -0.375 e. The summed E-state index contributed by atoms with van der Waals surface area (Å²) >= 11 is 0. The molecule has 0 aliphatic carbocycles. The topological polar surface area (TPSA) is 59.4 Å². The molecule has 1 amide bonds. The van der Waals surface area contributed by atoms with Crippen molar-refractivity contribution in [3.8, 4) is 0 Å². The standard InChI is InChI=1S/C17H30N4O2/c1-13(2)20-8-9-23-16(12-20)11-17(22)18-6-5-7-21-15(4)10-14(3)19-21/h10,13,16H,5-9,11-12H2,1-4H3,(H,18,22). The highest BCUT2D eigenvalue weighted by molar-refractivity contribution is 5.76. The molecule has 0 radical (unpaired) electrons. The fourth-order valence-electron chi connectivity index (χ4n) is 2.97. The van der Waals surface area contributed by atoms with Gasteiger partial charge in [-0.2, -0.15) is 5.10 Å². The largest absolute Gasteiger partial charge is 0.375 e. The Labute approximate surface area is 139 Å². The number of nitrogens with one attached hydrogen (secondary N) is 1. The molecule has 1 aromatic rings. The van der Waals surface area contributed by atoms with Gasteiger partial charge in [-0.05, 0) is 40.2 Å². The number of hydrogen-bond acceptors (Lipinski definition) is 4. The second kappa shape index (κ2) is 8.45. The number of morpholine rings is 1. The van der Waals surface area contributed by atoms with Gasteiger partial charge >= 0.3 is 0 Å². The highest BCUT2D eigenvalue weighted by Crippen LogP contribution is 2.11. The van der Waals surface area contributed by atoms with E-state index in [-0.39, 0.29) is 12.0 Å². The predicted molar refractivity (Wildman–Crippen MR) is 90.4 cm³/mol. The number of carbonyl (C=O) groups excluding carboxylic acids is 1. The van der Waals surface area contributed by atoms with E-state index in [1.165, 1.54) is 5.69 Å². The first-order valence-corrected chi connectivity index (χ1v) is 8.59. The Morgan fingerprint density at radius 1 is 1.48 bits per heavy atom. The molecule has 2 rings (SSSR count). The smallest absolute Gasteiger partial charge is 0.222 e. The summed E-state index contributed by atoms with van der Waals surface area (Å²) in [6, 6.07) is 2.57. The maximum Gasteiger partial charge on any atom is 0.222 e. The van der Waals surface area contributed by atoms with Gasteiger partial charge in [-0.3, -0.25) is 14.4 Å². The molecule has 1 unspecified atom stereocenters. The van der Waals surface area contributed by atoms with Crippen LogP contribution in [0.2, 0.25) is 0 Å². The van der Waals surface area contributed by atoms with Gasteiger partial charge in [0.15, 0.2) is 0 Å². The molecular weight excluding hydrogens is 292 g/mol. The van der Waals surface area contributed by atoms with Crippen LogP contribution in [0.5, 0.6) is 0 Å². The number of hydrogen-bond donors (Lipinski definition) is 1. The first-order valence-electron chi connectivity index (χ1n) is 8.59. The van der Waals surface area contributed by atoms with Gasteiger partial charge in [0, 0.05) is 37.9 Å². The fourth-order valence-corrected chi connectivity index (χ4v) is 2.97. The van der Waals surface area contributed by atoms with E-state index in [4.69, 9.17) is 4.74 Å². The van der Waals surface area contributed by atoms with Crippen molar-refractivity contribution in [2.75, 3.05) is 26.2 Å². The lowest BCUT2D eigenvalue weighted by Crippen LogP contribution is -2.47. The second-order valence-corrected chi connectivity index (χ2v) is 6.64. The minimum absolute atomic E-state index is 0.0159. The summed E-state index contributed by atoms with van der Waals surface area (Å²) in [7, 11) is 0. The number of nitrogens with zero attached hydrogens (tertiary/aromatic N) is 3. The van der Waals surface area contributed by atoms with Crippen LogP contribution in [-0.2, 0) is 16.1 Å². The minimum atomic E-state index is 0.0159. The first kappa shape index (κ1) is 17.9. The van der Waals surface area contributed by atoms with E-state index in [2.05, 4.69) is 42.2 Å². The van der Waals surface area contributed by atoms with Crippen LogP contribution in [0, 0.1) is 13.8 Å². The molecule has 1 aliphatic rings. The van der Waals surface area contributed by atoms with Gasteiger partial charge in [0.1, 0.15) is 0 Å². The lowest BCUT2D eigenvalue weighted by molar-refractivity contribution is -0.126. The summed E-state index contributed by atoms with van der Waals surface area (Å²) in [6.45, 7) is 12.4. The molecule has 1 atom stereocenters. The van der Waals surface area contributed by atoms with Crippen LogP contribution in [0.15, 0.2) is 6.07 Å². The van der Waals surface area contributed by atoms with Crippen molar-refractivity contribution in [3.05, 3.63) is 17.5 Å². The molecule has 1 saturated heterocycles. The third-order valence-electron chi connectivity index (χ3n) is 4.29. The Bertz CT molecular complexity index is 513. The lowest BCUT2D eigenvalue weighted by Gasteiger charge is -2.35. The van der Waals surface area contributed by atoms with Crippen LogP contribution in [0.25, 0.3) is 0 Å². The van der Waals surface area contributed by atoms with Crippen molar-refractivity contribution in [1.29, 1.82) is 0 Å². The van der Waals surface area contributed by atoms with Crippen molar-refractivity contribution in [1.82, 2.24) is 20.0 Å². The molecule has 1 aliphatic heterocycles. The zero-order valence-corrected chi connectivity index (χ0v) is 14.8. The van der Waals surface area contributed by atoms with Crippen LogP contribution < -0.4 is 5.32 Å². The molecule has 130 valence electrons. The molecule has 2 heterocycles. The first-order chi connectivity index (χ1) is 11.0. The highest BCUT2D eigenvalue weighted by atomic mass is 16.5. The Kier molecular flexibility index (Phi) is 6.59. The molecule has 23 heavy (non-hydrogen) atoms. The van der Waals surface area contributed by atoms with Crippen molar-refractivity contribution in [3.63, 3.8) is 0 Å². The molecule has 0 aromatic carbocycles. The third-order valence-corrected chi connectivity index (χ3v) is 4.29. The van der Waals surface area contributed by atoms with E-state index in [9.17, 15) is 4.79 Å². The van der Waals surface area contributed by atoms with Crippen molar-refractivity contribution < 1.29 is 9.53 Å². The molecule has 0 saturated carbocycles. The Balaban J connectivity index is 1.64. The fraction of sp³-hybridized carbons (Fsp3) is 0.765. The summed E-state index contributed by atoms with van der Waals surface area (Å²) < 4.78 is 7.70. The molecule has 1 N–H and O–H groups in total. The van der Waals surface area contributed by atoms with E-state index >= 15 is 0 Å². The molecule has 1 fully saturated rings. The molecule has 0 bridgehead atoms. The zero-order valence-electron chi connectivity index (χ0n) is 14.8. The van der Waals surface area contributed by atoms with E-state index in [0.29, 0.717) is 25.6 Å². The number of aryl methyl sites for hydroxylation is 3. The monoisotopic (exact) mass is 322 g/mol. The quantitative estimate of drug-likeness (QED) is 0.773. The molecular formula is C17H30N4O2. The average Bonchev–Trinajstić information content (AvgIpc) is 2.82. The number of aromatic nitrogens is 2. The van der Waals surface area contributed by atoms with Crippen molar-refractivity contribution >= 4 is 5.91 Å². The van der Waals surface area contributed by atoms with E-state index in [1.807, 2.05) is 11.6 Å². The van der Waals surface area contributed by atoms with E-state index in [1.54, 1.807) is 0 Å². The van der Waals surface area contributed by atoms with Gasteiger partial charge in [0.05, 0.1) is 24.8 Å². The van der Waals surface area contributed by atoms with Crippen LogP contribution in [0.3, 0.4) is 0 Å².